The van der Waals surface area contributed by atoms with Crippen LogP contribution in [0.15, 0.2) is 12.4 Å². The largest absolute Gasteiger partial charge is 0.339 e. The molecule has 0 aliphatic carbocycles. The molecule has 0 radical (unpaired) electrons. The first kappa shape index (κ1) is 21.5. The van der Waals surface area contributed by atoms with Crippen molar-refractivity contribution in [3.63, 3.8) is 0 Å². The lowest BCUT2D eigenvalue weighted by molar-refractivity contribution is -0.136. The van der Waals surface area contributed by atoms with Gasteiger partial charge in [-0.2, -0.15) is 5.10 Å². The first-order valence-corrected chi connectivity index (χ1v) is 9.57. The van der Waals surface area contributed by atoms with Crippen LogP contribution in [-0.2, 0) is 11.8 Å². The van der Waals surface area contributed by atoms with Crippen LogP contribution in [0.25, 0.3) is 0 Å². The third-order valence-corrected chi connectivity index (χ3v) is 5.58. The fourth-order valence-corrected chi connectivity index (χ4v) is 3.97. The van der Waals surface area contributed by atoms with Gasteiger partial charge in [-0.25, -0.2) is 4.79 Å². The second-order valence-electron chi connectivity index (χ2n) is 7.09. The summed E-state index contributed by atoms with van der Waals surface area (Å²) in [5.41, 5.74) is 1.12. The van der Waals surface area contributed by atoms with Gasteiger partial charge >= 0.3 is 6.03 Å². The molecule has 0 bridgehead atoms. The number of hydrogen-bond donors (Lipinski definition) is 1. The topological polar surface area (TPSA) is 73.7 Å². The smallest absolute Gasteiger partial charge is 0.320 e. The molecule has 0 spiro atoms. The number of aromatic nitrogens is 2. The summed E-state index contributed by atoms with van der Waals surface area (Å²) in [5, 5.41) is 7.60. The minimum absolute atomic E-state index is 0. The van der Waals surface area contributed by atoms with Crippen molar-refractivity contribution in [1.82, 2.24) is 29.8 Å². The van der Waals surface area contributed by atoms with Crippen molar-refractivity contribution in [1.29, 1.82) is 0 Å². The van der Waals surface area contributed by atoms with Crippen LogP contribution in [0.2, 0.25) is 0 Å². The summed E-state index contributed by atoms with van der Waals surface area (Å²) in [6.45, 7) is 9.38. The molecule has 0 unspecified atom stereocenters. The van der Waals surface area contributed by atoms with Gasteiger partial charge in [-0.1, -0.05) is 0 Å². The predicted octanol–water partition coefficient (Wildman–Crippen LogP) is 0.751. The molecular weight excluding hydrogens is 368 g/mol. The molecule has 0 saturated carbocycles. The number of piperazine rings is 1. The molecule has 3 amide bonds. The quantitative estimate of drug-likeness (QED) is 0.812. The fourth-order valence-electron chi connectivity index (χ4n) is 3.97. The molecule has 0 aromatic carbocycles. The van der Waals surface area contributed by atoms with Gasteiger partial charge < -0.3 is 20.0 Å². The molecular formula is C18H31ClN6O2. The van der Waals surface area contributed by atoms with Crippen molar-refractivity contribution >= 4 is 24.3 Å². The average molecular weight is 399 g/mol. The van der Waals surface area contributed by atoms with E-state index in [1.165, 1.54) is 0 Å². The van der Waals surface area contributed by atoms with E-state index in [-0.39, 0.29) is 36.2 Å². The highest BCUT2D eigenvalue weighted by Gasteiger charge is 2.38. The highest BCUT2D eigenvalue weighted by Crippen LogP contribution is 2.29. The maximum atomic E-state index is 13.1. The Balaban J connectivity index is 0.00000261. The van der Waals surface area contributed by atoms with E-state index in [1.54, 1.807) is 4.68 Å². The summed E-state index contributed by atoms with van der Waals surface area (Å²) >= 11 is 0. The lowest BCUT2D eigenvalue weighted by Crippen LogP contribution is -2.55. The van der Waals surface area contributed by atoms with Crippen molar-refractivity contribution in [2.24, 2.45) is 13.0 Å². The van der Waals surface area contributed by atoms with Gasteiger partial charge in [0.15, 0.2) is 0 Å². The Hall–Kier alpha value is -1.80. The monoisotopic (exact) mass is 398 g/mol. The fraction of sp³-hybridized carbons (Fsp3) is 0.722. The highest BCUT2D eigenvalue weighted by molar-refractivity contribution is 5.85. The van der Waals surface area contributed by atoms with Crippen molar-refractivity contribution in [3.05, 3.63) is 18.0 Å². The second-order valence-corrected chi connectivity index (χ2v) is 7.09. The standard InChI is InChI=1S/C18H30N6O2.ClH/c1-4-22(5-2)18(26)24-8-6-23(7-9-24)17(25)16-12-19-11-15(16)14-10-20-21(3)13-14;/h10,13,15-16,19H,4-9,11-12H2,1-3H3;1H/t15-,16+;/m1./s1. The van der Waals surface area contributed by atoms with Crippen LogP contribution in [0, 0.1) is 5.92 Å². The van der Waals surface area contributed by atoms with Gasteiger partial charge in [0, 0.05) is 71.5 Å². The molecule has 1 aromatic heterocycles. The summed E-state index contributed by atoms with van der Waals surface area (Å²) in [5.74, 6) is 0.314. The zero-order chi connectivity index (χ0) is 18.7. The summed E-state index contributed by atoms with van der Waals surface area (Å²) in [6.07, 6.45) is 3.86. The Labute approximate surface area is 167 Å². The normalized spacial score (nSPS) is 22.5. The van der Waals surface area contributed by atoms with E-state index in [0.29, 0.717) is 32.7 Å². The van der Waals surface area contributed by atoms with Crippen LogP contribution < -0.4 is 5.32 Å². The molecule has 8 nitrogen and oxygen atoms in total. The molecule has 3 heterocycles. The Morgan fingerprint density at radius 3 is 2.33 bits per heavy atom. The number of hydrogen-bond acceptors (Lipinski definition) is 4. The first-order chi connectivity index (χ1) is 12.5. The molecule has 2 fully saturated rings. The highest BCUT2D eigenvalue weighted by atomic mass is 35.5. The zero-order valence-corrected chi connectivity index (χ0v) is 17.2. The van der Waals surface area contributed by atoms with Crippen LogP contribution in [-0.4, -0.2) is 88.8 Å². The van der Waals surface area contributed by atoms with Crippen LogP contribution >= 0.6 is 12.4 Å². The van der Waals surface area contributed by atoms with Crippen molar-refractivity contribution in [2.75, 3.05) is 52.4 Å². The van der Waals surface area contributed by atoms with Gasteiger partial charge in [-0.05, 0) is 19.4 Å². The summed E-state index contributed by atoms with van der Waals surface area (Å²) in [7, 11) is 1.90. The number of nitrogens with zero attached hydrogens (tertiary/aromatic N) is 5. The lowest BCUT2D eigenvalue weighted by atomic mass is 9.89. The SMILES string of the molecule is CCN(CC)C(=O)N1CCN(C(=O)[C@H]2CNC[C@@H]2c2cnn(C)c2)CC1.Cl. The number of rotatable bonds is 4. The van der Waals surface area contributed by atoms with E-state index in [2.05, 4.69) is 10.4 Å². The Morgan fingerprint density at radius 1 is 1.15 bits per heavy atom. The zero-order valence-electron chi connectivity index (χ0n) is 16.4. The predicted molar refractivity (Wildman–Crippen MR) is 106 cm³/mol. The number of carbonyl (C=O) groups excluding carboxylic acids is 2. The molecule has 2 atom stereocenters. The Morgan fingerprint density at radius 2 is 1.78 bits per heavy atom. The van der Waals surface area contributed by atoms with Gasteiger partial charge in [0.05, 0.1) is 12.1 Å². The number of halogens is 1. The van der Waals surface area contributed by atoms with E-state index >= 15 is 0 Å². The Kier molecular flexibility index (Phi) is 7.49. The molecule has 9 heteroatoms. The number of aryl methyl sites for hydroxylation is 1. The third kappa shape index (κ3) is 4.55. The van der Waals surface area contributed by atoms with Gasteiger partial charge in [0.2, 0.25) is 5.91 Å². The maximum absolute atomic E-state index is 13.1. The number of carbonyl (C=O) groups is 2. The van der Waals surface area contributed by atoms with Gasteiger partial charge in [-0.15, -0.1) is 12.4 Å². The van der Waals surface area contributed by atoms with Crippen LogP contribution in [0.3, 0.4) is 0 Å². The molecule has 152 valence electrons. The van der Waals surface area contributed by atoms with E-state index in [9.17, 15) is 9.59 Å². The molecule has 1 aromatic rings. The molecule has 2 aliphatic heterocycles. The third-order valence-electron chi connectivity index (χ3n) is 5.58. The average Bonchev–Trinajstić information content (AvgIpc) is 3.31. The first-order valence-electron chi connectivity index (χ1n) is 9.57. The minimum Gasteiger partial charge on any atom is -0.339 e. The van der Waals surface area contributed by atoms with Crippen LogP contribution in [0.4, 0.5) is 4.79 Å². The molecule has 1 N–H and O–H groups in total. The maximum Gasteiger partial charge on any atom is 0.320 e. The lowest BCUT2D eigenvalue weighted by Gasteiger charge is -2.38. The number of urea groups is 1. The molecule has 27 heavy (non-hydrogen) atoms. The van der Waals surface area contributed by atoms with E-state index in [1.807, 2.05) is 48.0 Å². The number of amides is 3. The molecule has 2 saturated heterocycles. The van der Waals surface area contributed by atoms with E-state index < -0.39 is 0 Å². The Bertz CT molecular complexity index is 640. The van der Waals surface area contributed by atoms with Crippen molar-refractivity contribution in [3.8, 4) is 0 Å². The van der Waals surface area contributed by atoms with Crippen LogP contribution in [0.1, 0.15) is 25.3 Å². The molecule has 2 aliphatic rings. The van der Waals surface area contributed by atoms with Crippen LogP contribution in [0.5, 0.6) is 0 Å². The summed E-state index contributed by atoms with van der Waals surface area (Å²) < 4.78 is 1.78. The van der Waals surface area contributed by atoms with Crippen molar-refractivity contribution in [2.45, 2.75) is 19.8 Å². The van der Waals surface area contributed by atoms with Gasteiger partial charge in [0.1, 0.15) is 0 Å². The second kappa shape index (κ2) is 9.41. The van der Waals surface area contributed by atoms with Gasteiger partial charge in [-0.3, -0.25) is 9.48 Å². The van der Waals surface area contributed by atoms with Gasteiger partial charge in [0.25, 0.3) is 0 Å². The molecule has 3 rings (SSSR count). The summed E-state index contributed by atoms with van der Waals surface area (Å²) in [4.78, 5) is 31.1. The minimum atomic E-state index is -0.0516. The number of nitrogens with one attached hydrogen (secondary N) is 1. The van der Waals surface area contributed by atoms with Crippen molar-refractivity contribution < 1.29 is 9.59 Å². The van der Waals surface area contributed by atoms with E-state index in [0.717, 1.165) is 25.2 Å². The van der Waals surface area contributed by atoms with E-state index in [4.69, 9.17) is 0 Å². The summed E-state index contributed by atoms with van der Waals surface area (Å²) in [6, 6.07) is 0.0814.